The largest absolute Gasteiger partial charge is 0.489 e. The van der Waals surface area contributed by atoms with Crippen LogP contribution in [0.25, 0.3) is 0 Å². The Balaban J connectivity index is 1.37. The van der Waals surface area contributed by atoms with Crippen LogP contribution in [0.4, 0.5) is 19.3 Å². The highest BCUT2D eigenvalue weighted by Crippen LogP contribution is 2.37. The number of carbonyl (C=O) groups is 2. The highest BCUT2D eigenvalue weighted by Gasteiger charge is 2.44. The Morgan fingerprint density at radius 3 is 2.14 bits per heavy atom. The summed E-state index contributed by atoms with van der Waals surface area (Å²) in [5.74, 6) is -1.53. The topological polar surface area (TPSA) is 89.5 Å². The average molecular weight is 690 g/mol. The Bertz CT molecular complexity index is 1920. The molecule has 1 heterocycles. The van der Waals surface area contributed by atoms with E-state index in [9.17, 15) is 18.4 Å². The van der Waals surface area contributed by atoms with Crippen LogP contribution in [0.15, 0.2) is 139 Å². The van der Waals surface area contributed by atoms with E-state index in [1.807, 2.05) is 84.9 Å². The fraction of sp³-hybridized carbons (Fsp3) is 0.195. The zero-order valence-corrected chi connectivity index (χ0v) is 28.0. The molecule has 0 aliphatic carbocycles. The zero-order valence-electron chi connectivity index (χ0n) is 28.0. The van der Waals surface area contributed by atoms with Gasteiger partial charge >= 0.3 is 6.09 Å². The third-order valence-corrected chi connectivity index (χ3v) is 8.74. The van der Waals surface area contributed by atoms with Crippen LogP contribution in [0.2, 0.25) is 0 Å². The van der Waals surface area contributed by atoms with Crippen molar-refractivity contribution in [3.05, 3.63) is 167 Å². The lowest BCUT2D eigenvalue weighted by atomic mass is 9.85. The van der Waals surface area contributed by atoms with Gasteiger partial charge in [-0.15, -0.1) is 0 Å². The number of rotatable bonds is 14. The predicted octanol–water partition coefficient (Wildman–Crippen LogP) is 8.86. The van der Waals surface area contributed by atoms with E-state index >= 15 is 0 Å². The summed E-state index contributed by atoms with van der Waals surface area (Å²) in [4.78, 5) is 34.5. The predicted molar refractivity (Wildman–Crippen MR) is 190 cm³/mol. The Hall–Kier alpha value is -6.03. The molecule has 0 spiro atoms. The highest BCUT2D eigenvalue weighted by atomic mass is 19.1. The van der Waals surface area contributed by atoms with Gasteiger partial charge in [0.05, 0.1) is 17.7 Å². The summed E-state index contributed by atoms with van der Waals surface area (Å²) in [6, 6.07) is 36.7. The fourth-order valence-corrected chi connectivity index (χ4v) is 6.14. The number of hydrogen-bond donors (Lipinski definition) is 1. The molecule has 10 heteroatoms. The van der Waals surface area contributed by atoms with Crippen molar-refractivity contribution in [3.63, 3.8) is 0 Å². The van der Waals surface area contributed by atoms with Gasteiger partial charge in [-0.1, -0.05) is 90.1 Å². The molecule has 1 aliphatic heterocycles. The summed E-state index contributed by atoms with van der Waals surface area (Å²) in [6.45, 7) is 0.387. The number of cyclic esters (lactones) is 1. The molecule has 5 aromatic carbocycles. The van der Waals surface area contributed by atoms with E-state index in [-0.39, 0.29) is 19.4 Å². The second-order valence-electron chi connectivity index (χ2n) is 12.1. The molecular weight excluding hydrogens is 652 g/mol. The van der Waals surface area contributed by atoms with Crippen LogP contribution < -0.4 is 10.1 Å². The van der Waals surface area contributed by atoms with Crippen LogP contribution >= 0.6 is 0 Å². The molecule has 5 aromatic rings. The minimum atomic E-state index is -0.884. The molecule has 6 rings (SSSR count). The number of benzene rings is 5. The number of nitrogens with one attached hydrogen (secondary N) is 1. The van der Waals surface area contributed by atoms with Gasteiger partial charge in [0.15, 0.2) is 0 Å². The number of anilines is 1. The summed E-state index contributed by atoms with van der Waals surface area (Å²) in [7, 11) is 1.41. The standard InChI is InChI=1S/C41H37F2N3O5/c1-49-45-37(29-12-16-32(42)17-13-29)25-24-36(40(47)46-38(27-51-41(46)48)30-10-6-3-7-11-30)39(44-34-20-18-33(43)19-21-34)31-14-22-35(23-15-31)50-26-28-8-4-2-5-9-28/h2-23,36,38-39,44H,24-27H2,1H3/b45-37+/t36?,38-,39?/m1/s1. The number of halogens is 2. The first kappa shape index (κ1) is 34.8. The Morgan fingerprint density at radius 1 is 0.863 bits per heavy atom. The lowest BCUT2D eigenvalue weighted by molar-refractivity contribution is -0.134. The van der Waals surface area contributed by atoms with Crippen LogP contribution in [0.5, 0.6) is 5.75 Å². The first-order valence-electron chi connectivity index (χ1n) is 16.6. The maximum Gasteiger partial charge on any atom is 0.417 e. The van der Waals surface area contributed by atoms with Gasteiger partial charge in [0.2, 0.25) is 5.91 Å². The Kier molecular flexibility index (Phi) is 11.3. The molecule has 1 aliphatic rings. The SMILES string of the molecule is CO/N=C(\CCC(C(=O)N1C(=O)OC[C@@H]1c1ccccc1)C(Nc1ccc(F)cc1)c1ccc(OCc2ccccc2)cc1)c1ccc(F)cc1. The maximum absolute atomic E-state index is 14.9. The summed E-state index contributed by atoms with van der Waals surface area (Å²) in [5.41, 5.74) is 4.17. The highest BCUT2D eigenvalue weighted by molar-refractivity contribution is 6.01. The van der Waals surface area contributed by atoms with Crippen LogP contribution in [0.3, 0.4) is 0 Å². The van der Waals surface area contributed by atoms with Crippen molar-refractivity contribution >= 4 is 23.4 Å². The van der Waals surface area contributed by atoms with E-state index in [1.54, 1.807) is 24.3 Å². The third kappa shape index (κ3) is 8.77. The number of ether oxygens (including phenoxy) is 2. The van der Waals surface area contributed by atoms with Crippen molar-refractivity contribution in [2.75, 3.05) is 19.0 Å². The molecule has 0 aromatic heterocycles. The quantitative estimate of drug-likeness (QED) is 0.0926. The second kappa shape index (κ2) is 16.6. The third-order valence-electron chi connectivity index (χ3n) is 8.74. The van der Waals surface area contributed by atoms with Gasteiger partial charge < -0.3 is 19.6 Å². The minimum absolute atomic E-state index is 0.0107. The van der Waals surface area contributed by atoms with Crippen LogP contribution in [-0.4, -0.2) is 36.3 Å². The maximum atomic E-state index is 14.9. The van der Waals surface area contributed by atoms with E-state index in [2.05, 4.69) is 10.5 Å². The molecule has 0 radical (unpaired) electrons. The van der Waals surface area contributed by atoms with Crippen molar-refractivity contribution in [1.29, 1.82) is 0 Å². The van der Waals surface area contributed by atoms with Gasteiger partial charge in [-0.25, -0.2) is 18.5 Å². The summed E-state index contributed by atoms with van der Waals surface area (Å²) >= 11 is 0. The first-order chi connectivity index (χ1) is 24.9. The van der Waals surface area contributed by atoms with Crippen molar-refractivity contribution < 1.29 is 32.7 Å². The number of oxime groups is 1. The van der Waals surface area contributed by atoms with Crippen molar-refractivity contribution in [1.82, 2.24) is 4.90 Å². The van der Waals surface area contributed by atoms with Gasteiger partial charge in [-0.3, -0.25) is 4.79 Å². The molecule has 8 nitrogen and oxygen atoms in total. The normalized spacial score (nSPS) is 15.5. The smallest absolute Gasteiger partial charge is 0.417 e. The minimum Gasteiger partial charge on any atom is -0.489 e. The molecule has 260 valence electrons. The average Bonchev–Trinajstić information content (AvgIpc) is 3.56. The molecule has 51 heavy (non-hydrogen) atoms. The van der Waals surface area contributed by atoms with Crippen LogP contribution in [0.1, 0.15) is 47.2 Å². The molecule has 1 saturated heterocycles. The molecule has 1 N–H and O–H groups in total. The molecule has 3 atom stereocenters. The van der Waals surface area contributed by atoms with Crippen LogP contribution in [0, 0.1) is 17.6 Å². The number of nitrogens with zero attached hydrogens (tertiary/aromatic N) is 2. The monoisotopic (exact) mass is 689 g/mol. The molecule has 0 saturated carbocycles. The number of carbonyl (C=O) groups excluding carboxylic acids is 2. The number of hydrogen-bond acceptors (Lipinski definition) is 7. The van der Waals surface area contributed by atoms with Gasteiger partial charge in [0.25, 0.3) is 0 Å². The molecule has 0 bridgehead atoms. The van der Waals surface area contributed by atoms with E-state index in [4.69, 9.17) is 14.3 Å². The second-order valence-corrected chi connectivity index (χ2v) is 12.1. The van der Waals surface area contributed by atoms with Gasteiger partial charge in [0.1, 0.15) is 43.7 Å². The zero-order chi connectivity index (χ0) is 35.6. The first-order valence-corrected chi connectivity index (χ1v) is 16.6. The number of imide groups is 1. The number of amides is 2. The van der Waals surface area contributed by atoms with Crippen LogP contribution in [-0.2, 0) is 21.0 Å². The van der Waals surface area contributed by atoms with Crippen molar-refractivity contribution in [2.45, 2.75) is 31.5 Å². The van der Waals surface area contributed by atoms with E-state index in [0.29, 0.717) is 29.3 Å². The Labute approximate surface area is 295 Å². The van der Waals surface area contributed by atoms with E-state index in [0.717, 1.165) is 16.7 Å². The summed E-state index contributed by atoms with van der Waals surface area (Å²) in [6.07, 6.45) is -0.322. The molecule has 1 fully saturated rings. The molecule has 2 unspecified atom stereocenters. The fourth-order valence-electron chi connectivity index (χ4n) is 6.14. The van der Waals surface area contributed by atoms with Gasteiger partial charge in [-0.05, 0) is 83.6 Å². The van der Waals surface area contributed by atoms with Crippen molar-refractivity contribution in [2.24, 2.45) is 11.1 Å². The summed E-state index contributed by atoms with van der Waals surface area (Å²) < 4.78 is 39.3. The lowest BCUT2D eigenvalue weighted by Crippen LogP contribution is -2.42. The molecule has 2 amide bonds. The van der Waals surface area contributed by atoms with Crippen molar-refractivity contribution in [3.8, 4) is 5.75 Å². The van der Waals surface area contributed by atoms with Gasteiger partial charge in [0, 0.05) is 5.69 Å². The Morgan fingerprint density at radius 2 is 1.49 bits per heavy atom. The van der Waals surface area contributed by atoms with Gasteiger partial charge in [-0.2, -0.15) is 0 Å². The van der Waals surface area contributed by atoms with E-state index < -0.39 is 41.6 Å². The van der Waals surface area contributed by atoms with E-state index in [1.165, 1.54) is 36.3 Å². The lowest BCUT2D eigenvalue weighted by Gasteiger charge is -2.32. The summed E-state index contributed by atoms with van der Waals surface area (Å²) in [5, 5.41) is 7.66. The molecular formula is C41H37F2N3O5.